The maximum atomic E-state index is 10.7. The molecule has 0 aliphatic carbocycles. The molecule has 2 aromatic rings. The summed E-state index contributed by atoms with van der Waals surface area (Å²) >= 11 is 1.45. The van der Waals surface area contributed by atoms with Crippen LogP contribution in [0.15, 0.2) is 23.8 Å². The number of H-pyrrole nitrogens is 1. The zero-order valence-corrected chi connectivity index (χ0v) is 10.1. The smallest absolute Gasteiger partial charge is 0.336 e. The van der Waals surface area contributed by atoms with Gasteiger partial charge in [-0.05, 0) is 13.0 Å². The average Bonchev–Trinajstić information content (AvgIpc) is 2.97. The van der Waals surface area contributed by atoms with Gasteiger partial charge < -0.3 is 10.4 Å². The van der Waals surface area contributed by atoms with E-state index in [0.717, 1.165) is 10.4 Å². The van der Waals surface area contributed by atoms with E-state index in [-0.39, 0.29) is 6.04 Å². The molecule has 1 unspecified atom stereocenters. The Hall–Kier alpha value is -1.66. The molecule has 6 heteroatoms. The summed E-state index contributed by atoms with van der Waals surface area (Å²) in [5.41, 5.74) is 1.43. The predicted molar refractivity (Wildman–Crippen MR) is 65.1 cm³/mol. The molecule has 0 saturated heterocycles. The second kappa shape index (κ2) is 5.11. The summed E-state index contributed by atoms with van der Waals surface area (Å²) in [4.78, 5) is 11.7. The van der Waals surface area contributed by atoms with Crippen molar-refractivity contribution in [1.29, 1.82) is 0 Å². The minimum atomic E-state index is -0.879. The van der Waals surface area contributed by atoms with Gasteiger partial charge in [0.15, 0.2) is 0 Å². The zero-order chi connectivity index (χ0) is 12.3. The molecule has 3 N–H and O–H groups in total. The lowest BCUT2D eigenvalue weighted by Gasteiger charge is -2.10. The monoisotopic (exact) mass is 251 g/mol. The third-order valence-electron chi connectivity index (χ3n) is 2.50. The molecule has 2 aromatic heterocycles. The van der Waals surface area contributed by atoms with Crippen LogP contribution in [0.1, 0.15) is 33.8 Å². The molecule has 0 spiro atoms. The first-order valence-electron chi connectivity index (χ1n) is 5.19. The van der Waals surface area contributed by atoms with Gasteiger partial charge in [-0.25, -0.2) is 4.79 Å². The van der Waals surface area contributed by atoms with Gasteiger partial charge in [0.2, 0.25) is 0 Å². The second-order valence-electron chi connectivity index (χ2n) is 3.74. The van der Waals surface area contributed by atoms with Crippen LogP contribution in [-0.4, -0.2) is 21.3 Å². The van der Waals surface area contributed by atoms with Crippen molar-refractivity contribution in [2.75, 3.05) is 0 Å². The second-order valence-corrected chi connectivity index (χ2v) is 4.74. The number of thiophene rings is 1. The molecule has 0 aromatic carbocycles. The molecular weight excluding hydrogens is 238 g/mol. The molecule has 0 fully saturated rings. The highest BCUT2D eigenvalue weighted by molar-refractivity contribution is 7.10. The molecule has 0 aliphatic rings. The minimum Gasteiger partial charge on any atom is -0.478 e. The lowest BCUT2D eigenvalue weighted by Crippen LogP contribution is -2.16. The number of carboxylic acids is 1. The number of rotatable bonds is 5. The lowest BCUT2D eigenvalue weighted by atomic mass is 10.2. The van der Waals surface area contributed by atoms with Gasteiger partial charge in [-0.1, -0.05) is 0 Å². The van der Waals surface area contributed by atoms with Crippen LogP contribution in [0.25, 0.3) is 0 Å². The van der Waals surface area contributed by atoms with Gasteiger partial charge in [0.05, 0.1) is 11.8 Å². The number of aromatic amines is 1. The number of hydrogen-bond acceptors (Lipinski definition) is 4. The van der Waals surface area contributed by atoms with Crippen LogP contribution in [0, 0.1) is 0 Å². The van der Waals surface area contributed by atoms with Crippen LogP contribution in [0.3, 0.4) is 0 Å². The van der Waals surface area contributed by atoms with Crippen molar-refractivity contribution in [1.82, 2.24) is 15.5 Å². The van der Waals surface area contributed by atoms with E-state index in [4.69, 9.17) is 5.11 Å². The molecule has 0 radical (unpaired) electrons. The third kappa shape index (κ3) is 2.92. The Bertz CT molecular complexity index is 493. The van der Waals surface area contributed by atoms with Gasteiger partial charge in [-0.3, -0.25) is 5.10 Å². The molecule has 2 rings (SSSR count). The highest BCUT2D eigenvalue weighted by Crippen LogP contribution is 2.16. The SMILES string of the molecule is CC(NCc1cc(C(=O)O)cs1)c1cn[nH]c1. The fourth-order valence-electron chi connectivity index (χ4n) is 1.45. The Morgan fingerprint density at radius 2 is 2.53 bits per heavy atom. The largest absolute Gasteiger partial charge is 0.478 e. The first kappa shape index (κ1) is 11.8. The van der Waals surface area contributed by atoms with Crippen molar-refractivity contribution in [2.45, 2.75) is 19.5 Å². The van der Waals surface area contributed by atoms with E-state index >= 15 is 0 Å². The number of aromatic nitrogens is 2. The molecule has 0 bridgehead atoms. The molecule has 0 aliphatic heterocycles. The standard InChI is InChI=1S/C11H13N3O2S/c1-7(9-3-13-14-4-9)12-5-10-2-8(6-17-10)11(15)16/h2-4,6-7,12H,5H2,1H3,(H,13,14)(H,15,16). The number of nitrogens with one attached hydrogen (secondary N) is 2. The van der Waals surface area contributed by atoms with Crippen molar-refractivity contribution in [3.63, 3.8) is 0 Å². The van der Waals surface area contributed by atoms with Crippen LogP contribution in [0.2, 0.25) is 0 Å². The first-order valence-corrected chi connectivity index (χ1v) is 6.07. The summed E-state index contributed by atoms with van der Waals surface area (Å²) in [6, 6.07) is 1.88. The molecular formula is C11H13N3O2S. The van der Waals surface area contributed by atoms with Crippen LogP contribution >= 0.6 is 11.3 Å². The summed E-state index contributed by atoms with van der Waals surface area (Å²) < 4.78 is 0. The topological polar surface area (TPSA) is 78.0 Å². The van der Waals surface area contributed by atoms with Gasteiger partial charge in [0, 0.05) is 34.6 Å². The van der Waals surface area contributed by atoms with E-state index in [1.807, 2.05) is 13.1 Å². The zero-order valence-electron chi connectivity index (χ0n) is 9.30. The fraction of sp³-hybridized carbons (Fsp3) is 0.273. The number of aromatic carboxylic acids is 1. The predicted octanol–water partition coefficient (Wildman–Crippen LogP) is 2.02. The maximum Gasteiger partial charge on any atom is 0.336 e. The summed E-state index contributed by atoms with van der Waals surface area (Å²) in [6.07, 6.45) is 3.61. The number of nitrogens with zero attached hydrogens (tertiary/aromatic N) is 1. The quantitative estimate of drug-likeness (QED) is 0.759. The van der Waals surface area contributed by atoms with Gasteiger partial charge in [-0.15, -0.1) is 11.3 Å². The molecule has 2 heterocycles. The summed E-state index contributed by atoms with van der Waals surface area (Å²) in [6.45, 7) is 2.70. The number of hydrogen-bond donors (Lipinski definition) is 3. The molecule has 1 atom stereocenters. The first-order chi connectivity index (χ1) is 8.16. The fourth-order valence-corrected chi connectivity index (χ4v) is 2.26. The van der Waals surface area contributed by atoms with E-state index in [9.17, 15) is 4.79 Å². The minimum absolute atomic E-state index is 0.184. The Balaban J connectivity index is 1.91. The summed E-state index contributed by atoms with van der Waals surface area (Å²) in [5, 5.41) is 20.4. The summed E-state index contributed by atoms with van der Waals surface area (Å²) in [7, 11) is 0. The van der Waals surface area contributed by atoms with E-state index in [1.165, 1.54) is 11.3 Å². The Morgan fingerprint density at radius 3 is 3.12 bits per heavy atom. The van der Waals surface area contributed by atoms with E-state index in [2.05, 4.69) is 15.5 Å². The molecule has 5 nitrogen and oxygen atoms in total. The van der Waals surface area contributed by atoms with Crippen LogP contribution in [-0.2, 0) is 6.54 Å². The van der Waals surface area contributed by atoms with Crippen molar-refractivity contribution in [3.05, 3.63) is 39.8 Å². The third-order valence-corrected chi connectivity index (χ3v) is 3.44. The lowest BCUT2D eigenvalue weighted by molar-refractivity contribution is 0.0697. The van der Waals surface area contributed by atoms with Crippen LogP contribution < -0.4 is 5.32 Å². The van der Waals surface area contributed by atoms with E-state index in [0.29, 0.717) is 12.1 Å². The van der Waals surface area contributed by atoms with E-state index in [1.54, 1.807) is 17.6 Å². The van der Waals surface area contributed by atoms with Gasteiger partial charge in [0.1, 0.15) is 0 Å². The average molecular weight is 251 g/mol. The van der Waals surface area contributed by atoms with Crippen LogP contribution in [0.4, 0.5) is 0 Å². The van der Waals surface area contributed by atoms with Crippen molar-refractivity contribution < 1.29 is 9.90 Å². The van der Waals surface area contributed by atoms with Gasteiger partial charge in [0.25, 0.3) is 0 Å². The summed E-state index contributed by atoms with van der Waals surface area (Å²) in [5.74, 6) is -0.879. The van der Waals surface area contributed by atoms with E-state index < -0.39 is 5.97 Å². The Kier molecular flexibility index (Phi) is 3.55. The highest BCUT2D eigenvalue weighted by Gasteiger charge is 2.09. The van der Waals surface area contributed by atoms with Crippen molar-refractivity contribution >= 4 is 17.3 Å². The molecule has 90 valence electrons. The Labute approximate surface area is 102 Å². The van der Waals surface area contributed by atoms with Gasteiger partial charge >= 0.3 is 5.97 Å². The highest BCUT2D eigenvalue weighted by atomic mass is 32.1. The number of carboxylic acid groups (broad SMARTS) is 1. The molecule has 17 heavy (non-hydrogen) atoms. The molecule has 0 amide bonds. The van der Waals surface area contributed by atoms with Crippen molar-refractivity contribution in [2.24, 2.45) is 0 Å². The maximum absolute atomic E-state index is 10.7. The molecule has 0 saturated carbocycles. The van der Waals surface area contributed by atoms with Gasteiger partial charge in [-0.2, -0.15) is 5.10 Å². The van der Waals surface area contributed by atoms with Crippen molar-refractivity contribution in [3.8, 4) is 0 Å². The normalized spacial score (nSPS) is 12.5. The Morgan fingerprint density at radius 1 is 1.71 bits per heavy atom. The number of carbonyl (C=O) groups is 1. The van der Waals surface area contributed by atoms with Crippen LogP contribution in [0.5, 0.6) is 0 Å².